The van der Waals surface area contributed by atoms with Crippen LogP contribution in [-0.2, 0) is 4.79 Å². The van der Waals surface area contributed by atoms with Gasteiger partial charge in [0.1, 0.15) is 6.54 Å². The van der Waals surface area contributed by atoms with Crippen molar-refractivity contribution in [1.29, 1.82) is 0 Å². The van der Waals surface area contributed by atoms with Gasteiger partial charge in [0.05, 0.1) is 30.5 Å². The average molecular weight is 539 g/mol. The number of hydrogen-bond donors (Lipinski definition) is 1. The number of rotatable bonds is 9. The van der Waals surface area contributed by atoms with Gasteiger partial charge in [-0.1, -0.05) is 29.8 Å². The summed E-state index contributed by atoms with van der Waals surface area (Å²) in [5.41, 5.74) is 2.17. The standard InChI is InChI=1S/C27H27ClN4O4S/c1-17(2)31(26(34)24-6-5-13-37-24)16-25(33)30-27-29-21(18-7-9-19(28)10-8-18)15-32(27)20-11-12-22(35-3)23(14-20)36-4/h5-15,17H,16H2,1-4H3,(H,29,30,33). The van der Waals surface area contributed by atoms with E-state index in [1.807, 2.05) is 49.7 Å². The fourth-order valence-corrected chi connectivity index (χ4v) is 4.55. The SMILES string of the molecule is COc1ccc(-n2cc(-c3ccc(Cl)cc3)nc2NC(=O)CN(C(=O)c2cccs2)C(C)C)cc1OC. The van der Waals surface area contributed by atoms with Gasteiger partial charge in [-0.2, -0.15) is 0 Å². The lowest BCUT2D eigenvalue weighted by atomic mass is 10.2. The smallest absolute Gasteiger partial charge is 0.264 e. The van der Waals surface area contributed by atoms with Crippen molar-refractivity contribution in [2.24, 2.45) is 0 Å². The molecule has 2 amide bonds. The van der Waals surface area contributed by atoms with Crippen molar-refractivity contribution in [3.63, 3.8) is 0 Å². The monoisotopic (exact) mass is 538 g/mol. The van der Waals surface area contributed by atoms with Crippen molar-refractivity contribution in [2.45, 2.75) is 19.9 Å². The molecule has 0 aliphatic heterocycles. The Morgan fingerprint density at radius 1 is 1.08 bits per heavy atom. The maximum absolute atomic E-state index is 13.2. The van der Waals surface area contributed by atoms with Crippen LogP contribution in [0.3, 0.4) is 0 Å². The number of ether oxygens (including phenoxy) is 2. The highest BCUT2D eigenvalue weighted by molar-refractivity contribution is 7.12. The minimum Gasteiger partial charge on any atom is -0.493 e. The Morgan fingerprint density at radius 2 is 1.81 bits per heavy atom. The first-order valence-electron chi connectivity index (χ1n) is 11.5. The van der Waals surface area contributed by atoms with Crippen LogP contribution in [0.25, 0.3) is 16.9 Å². The second kappa shape index (κ2) is 11.5. The van der Waals surface area contributed by atoms with Gasteiger partial charge < -0.3 is 14.4 Å². The molecule has 0 aliphatic rings. The fourth-order valence-electron chi connectivity index (χ4n) is 3.75. The number of halogens is 1. The molecule has 2 heterocycles. The molecule has 1 N–H and O–H groups in total. The summed E-state index contributed by atoms with van der Waals surface area (Å²) in [5.74, 6) is 0.856. The van der Waals surface area contributed by atoms with Gasteiger partial charge in [0.15, 0.2) is 11.5 Å². The predicted molar refractivity (Wildman–Crippen MR) is 146 cm³/mol. The van der Waals surface area contributed by atoms with Crippen LogP contribution in [0.2, 0.25) is 5.02 Å². The average Bonchev–Trinajstić information content (AvgIpc) is 3.57. The number of carbonyl (C=O) groups is 2. The summed E-state index contributed by atoms with van der Waals surface area (Å²) in [7, 11) is 3.12. The van der Waals surface area contributed by atoms with Crippen molar-refractivity contribution in [1.82, 2.24) is 14.5 Å². The number of anilines is 1. The van der Waals surface area contributed by atoms with Crippen LogP contribution >= 0.6 is 22.9 Å². The Hall–Kier alpha value is -3.82. The quantitative estimate of drug-likeness (QED) is 0.293. The van der Waals surface area contributed by atoms with Gasteiger partial charge in [-0.15, -0.1) is 11.3 Å². The summed E-state index contributed by atoms with van der Waals surface area (Å²) in [6.07, 6.45) is 1.82. The zero-order valence-corrected chi connectivity index (χ0v) is 22.5. The molecule has 0 unspecified atom stereocenters. The molecule has 0 bridgehead atoms. The number of benzene rings is 2. The first-order valence-corrected chi connectivity index (χ1v) is 12.8. The van der Waals surface area contributed by atoms with E-state index >= 15 is 0 Å². The molecule has 192 valence electrons. The van der Waals surface area contributed by atoms with Crippen LogP contribution < -0.4 is 14.8 Å². The van der Waals surface area contributed by atoms with Crippen LogP contribution in [0, 0.1) is 0 Å². The Balaban J connectivity index is 1.67. The highest BCUT2D eigenvalue weighted by Gasteiger charge is 2.24. The minimum absolute atomic E-state index is 0.122. The summed E-state index contributed by atoms with van der Waals surface area (Å²) in [6, 6.07) is 16.1. The molecular weight excluding hydrogens is 512 g/mol. The zero-order chi connectivity index (χ0) is 26.5. The third-order valence-electron chi connectivity index (χ3n) is 5.67. The molecule has 0 saturated heterocycles. The maximum Gasteiger partial charge on any atom is 0.264 e. The molecule has 0 saturated carbocycles. The molecule has 0 atom stereocenters. The number of hydrogen-bond acceptors (Lipinski definition) is 6. The van der Waals surface area contributed by atoms with Gasteiger partial charge in [-0.3, -0.25) is 19.5 Å². The molecule has 8 nitrogen and oxygen atoms in total. The topological polar surface area (TPSA) is 85.7 Å². The molecular formula is C27H27ClN4O4S. The molecule has 4 aromatic rings. The van der Waals surface area contributed by atoms with Crippen LogP contribution in [0.15, 0.2) is 66.2 Å². The van der Waals surface area contributed by atoms with Gasteiger partial charge in [0.2, 0.25) is 11.9 Å². The molecule has 0 radical (unpaired) electrons. The third-order valence-corrected chi connectivity index (χ3v) is 6.78. The van der Waals surface area contributed by atoms with Crippen LogP contribution in [-0.4, -0.2) is 53.1 Å². The molecule has 37 heavy (non-hydrogen) atoms. The van der Waals surface area contributed by atoms with E-state index in [1.165, 1.54) is 16.2 Å². The first kappa shape index (κ1) is 26.2. The largest absolute Gasteiger partial charge is 0.493 e. The van der Waals surface area contributed by atoms with Crippen molar-refractivity contribution < 1.29 is 19.1 Å². The van der Waals surface area contributed by atoms with Gasteiger partial charge in [0.25, 0.3) is 5.91 Å². The molecule has 4 rings (SSSR count). The first-order chi connectivity index (χ1) is 17.8. The van der Waals surface area contributed by atoms with E-state index in [0.29, 0.717) is 38.7 Å². The number of nitrogens with zero attached hydrogens (tertiary/aromatic N) is 3. The normalized spacial score (nSPS) is 10.9. The van der Waals surface area contributed by atoms with E-state index in [1.54, 1.807) is 49.1 Å². The van der Waals surface area contributed by atoms with E-state index in [9.17, 15) is 9.59 Å². The molecule has 0 aliphatic carbocycles. The minimum atomic E-state index is -0.367. The lowest BCUT2D eigenvalue weighted by Crippen LogP contribution is -2.42. The second-order valence-corrected chi connectivity index (χ2v) is 9.80. The lowest BCUT2D eigenvalue weighted by Gasteiger charge is -2.25. The third kappa shape index (κ3) is 5.95. The number of aromatic nitrogens is 2. The van der Waals surface area contributed by atoms with E-state index in [2.05, 4.69) is 10.3 Å². The summed E-state index contributed by atoms with van der Waals surface area (Å²) >= 11 is 7.40. The highest BCUT2D eigenvalue weighted by Crippen LogP contribution is 2.32. The van der Waals surface area contributed by atoms with Crippen molar-refractivity contribution >= 4 is 40.7 Å². The van der Waals surface area contributed by atoms with E-state index < -0.39 is 0 Å². The van der Waals surface area contributed by atoms with Gasteiger partial charge >= 0.3 is 0 Å². The van der Waals surface area contributed by atoms with Crippen LogP contribution in [0.1, 0.15) is 23.5 Å². The fraction of sp³-hybridized carbons (Fsp3) is 0.222. The number of amides is 2. The van der Waals surface area contributed by atoms with Gasteiger partial charge in [-0.25, -0.2) is 4.98 Å². The number of thiophene rings is 1. The highest BCUT2D eigenvalue weighted by atomic mass is 35.5. The summed E-state index contributed by atoms with van der Waals surface area (Å²) in [4.78, 5) is 33.0. The molecule has 0 spiro atoms. The number of methoxy groups -OCH3 is 2. The Bertz CT molecular complexity index is 1380. The number of carbonyl (C=O) groups excluding carboxylic acids is 2. The van der Waals surface area contributed by atoms with Crippen molar-refractivity contribution in [2.75, 3.05) is 26.1 Å². The Kier molecular flexibility index (Phi) is 8.15. The lowest BCUT2D eigenvalue weighted by molar-refractivity contribution is -0.117. The predicted octanol–water partition coefficient (Wildman–Crippen LogP) is 5.76. The van der Waals surface area contributed by atoms with Crippen molar-refractivity contribution in [3.8, 4) is 28.4 Å². The second-order valence-electron chi connectivity index (χ2n) is 8.42. The molecule has 0 fully saturated rings. The van der Waals surface area contributed by atoms with Crippen LogP contribution in [0.5, 0.6) is 11.5 Å². The number of imidazole rings is 1. The van der Waals surface area contributed by atoms with Gasteiger partial charge in [0, 0.05) is 28.9 Å². The molecule has 10 heteroatoms. The van der Waals surface area contributed by atoms with Crippen molar-refractivity contribution in [3.05, 3.63) is 76.1 Å². The zero-order valence-electron chi connectivity index (χ0n) is 20.9. The molecule has 2 aromatic heterocycles. The van der Waals surface area contributed by atoms with Crippen LogP contribution in [0.4, 0.5) is 5.95 Å². The Labute approximate surface area is 224 Å². The van der Waals surface area contributed by atoms with E-state index in [0.717, 1.165) is 5.56 Å². The maximum atomic E-state index is 13.2. The van der Waals surface area contributed by atoms with E-state index in [4.69, 9.17) is 21.1 Å². The van der Waals surface area contributed by atoms with E-state index in [-0.39, 0.29) is 24.4 Å². The van der Waals surface area contributed by atoms with Gasteiger partial charge in [-0.05, 0) is 49.6 Å². The Morgan fingerprint density at radius 3 is 2.43 bits per heavy atom. The summed E-state index contributed by atoms with van der Waals surface area (Å²) in [6.45, 7) is 3.63. The summed E-state index contributed by atoms with van der Waals surface area (Å²) in [5, 5.41) is 5.34. The summed E-state index contributed by atoms with van der Waals surface area (Å²) < 4.78 is 12.6. The number of nitrogens with one attached hydrogen (secondary N) is 1. The molecule has 2 aromatic carbocycles.